The third kappa shape index (κ3) is 4.64. The van der Waals surface area contributed by atoms with E-state index in [1.54, 1.807) is 36.4 Å². The zero-order valence-corrected chi connectivity index (χ0v) is 19.2. The van der Waals surface area contributed by atoms with E-state index in [-0.39, 0.29) is 23.1 Å². The maximum Gasteiger partial charge on any atom is 0.282 e. The third-order valence-corrected chi connectivity index (χ3v) is 5.13. The van der Waals surface area contributed by atoms with Gasteiger partial charge in [-0.25, -0.2) is 9.29 Å². The summed E-state index contributed by atoms with van der Waals surface area (Å²) in [7, 11) is 0. The number of nitrogens with one attached hydrogen (secondary N) is 1. The van der Waals surface area contributed by atoms with Gasteiger partial charge in [0.2, 0.25) is 0 Å². The number of benzene rings is 3. The Morgan fingerprint density at radius 3 is 2.24 bits per heavy atom. The smallest absolute Gasteiger partial charge is 0.282 e. The van der Waals surface area contributed by atoms with E-state index in [1.807, 2.05) is 32.9 Å². The third-order valence-electron chi connectivity index (χ3n) is 5.13. The van der Waals surface area contributed by atoms with E-state index in [0.29, 0.717) is 29.4 Å². The number of nitrogens with zero attached hydrogens (tertiary/aromatic N) is 1. The molecular formula is C27H25FN2O4. The fraction of sp³-hybridized carbons (Fsp3) is 0.185. The molecule has 0 saturated heterocycles. The van der Waals surface area contributed by atoms with Crippen LogP contribution in [0.3, 0.4) is 0 Å². The van der Waals surface area contributed by atoms with Crippen molar-refractivity contribution in [3.05, 3.63) is 89.9 Å². The number of ether oxygens (including phenoxy) is 2. The zero-order chi connectivity index (χ0) is 24.2. The van der Waals surface area contributed by atoms with Gasteiger partial charge in [-0.15, -0.1) is 0 Å². The summed E-state index contributed by atoms with van der Waals surface area (Å²) in [5.74, 6) is -0.299. The van der Waals surface area contributed by atoms with Crippen molar-refractivity contribution >= 4 is 28.8 Å². The Hall–Kier alpha value is -4.13. The van der Waals surface area contributed by atoms with Gasteiger partial charge in [0.25, 0.3) is 11.8 Å². The summed E-state index contributed by atoms with van der Waals surface area (Å²) >= 11 is 0. The first-order chi connectivity index (χ1) is 16.4. The first-order valence-electron chi connectivity index (χ1n) is 11.0. The molecule has 0 radical (unpaired) electrons. The number of hydrogen-bond donors (Lipinski definition) is 1. The predicted molar refractivity (Wildman–Crippen MR) is 129 cm³/mol. The van der Waals surface area contributed by atoms with Crippen LogP contribution in [0.25, 0.3) is 5.57 Å². The molecule has 3 aromatic rings. The van der Waals surface area contributed by atoms with Crippen LogP contribution in [0.5, 0.6) is 11.5 Å². The first kappa shape index (κ1) is 23.0. The molecule has 2 amide bonds. The van der Waals surface area contributed by atoms with E-state index in [9.17, 15) is 14.0 Å². The summed E-state index contributed by atoms with van der Waals surface area (Å²) in [6.07, 6.45) is 0.000943. The van der Waals surface area contributed by atoms with Crippen LogP contribution in [-0.2, 0) is 9.59 Å². The maximum absolute atomic E-state index is 13.5. The normalized spacial score (nSPS) is 13.6. The maximum atomic E-state index is 13.5. The van der Waals surface area contributed by atoms with Crippen LogP contribution in [0, 0.1) is 5.82 Å². The van der Waals surface area contributed by atoms with Crippen molar-refractivity contribution in [1.82, 2.24) is 0 Å². The summed E-state index contributed by atoms with van der Waals surface area (Å²) in [4.78, 5) is 28.1. The number of carbonyl (C=O) groups excluding carboxylic acids is 2. The van der Waals surface area contributed by atoms with Gasteiger partial charge in [-0.1, -0.05) is 24.3 Å². The molecule has 1 aliphatic heterocycles. The van der Waals surface area contributed by atoms with Gasteiger partial charge < -0.3 is 14.8 Å². The Morgan fingerprint density at radius 2 is 1.59 bits per heavy atom. The molecule has 7 heteroatoms. The van der Waals surface area contributed by atoms with Gasteiger partial charge in [-0.3, -0.25) is 9.59 Å². The van der Waals surface area contributed by atoms with Gasteiger partial charge >= 0.3 is 0 Å². The molecule has 0 fully saturated rings. The molecule has 174 valence electrons. The van der Waals surface area contributed by atoms with Crippen molar-refractivity contribution in [2.75, 3.05) is 16.8 Å². The van der Waals surface area contributed by atoms with E-state index in [0.717, 1.165) is 4.90 Å². The molecule has 34 heavy (non-hydrogen) atoms. The Balaban J connectivity index is 1.79. The van der Waals surface area contributed by atoms with E-state index in [2.05, 4.69) is 5.32 Å². The SMILES string of the molecule is CCOc1ccccc1NC1=C(c2ccc(OC(C)C)cc2)C(=O)N(c2ccc(F)cc2)C1=O. The van der Waals surface area contributed by atoms with Gasteiger partial charge in [0.1, 0.15) is 23.0 Å². The van der Waals surface area contributed by atoms with Crippen molar-refractivity contribution in [2.24, 2.45) is 0 Å². The zero-order valence-electron chi connectivity index (χ0n) is 19.2. The van der Waals surface area contributed by atoms with Gasteiger partial charge in [-0.05, 0) is 74.9 Å². The second kappa shape index (κ2) is 9.79. The number of halogens is 1. The second-order valence-electron chi connectivity index (χ2n) is 7.92. The van der Waals surface area contributed by atoms with E-state index < -0.39 is 17.6 Å². The van der Waals surface area contributed by atoms with Crippen LogP contribution in [0.4, 0.5) is 15.8 Å². The second-order valence-corrected chi connectivity index (χ2v) is 7.92. The Morgan fingerprint density at radius 1 is 0.912 bits per heavy atom. The molecule has 6 nitrogen and oxygen atoms in total. The molecular weight excluding hydrogens is 435 g/mol. The first-order valence-corrected chi connectivity index (χ1v) is 11.0. The molecule has 0 spiro atoms. The van der Waals surface area contributed by atoms with E-state index >= 15 is 0 Å². The molecule has 0 aliphatic carbocycles. The van der Waals surface area contributed by atoms with Crippen LogP contribution in [0.15, 0.2) is 78.5 Å². The number of imide groups is 1. The highest BCUT2D eigenvalue weighted by molar-refractivity contribution is 6.46. The highest BCUT2D eigenvalue weighted by atomic mass is 19.1. The number of anilines is 2. The average Bonchev–Trinajstić information content (AvgIpc) is 3.05. The predicted octanol–water partition coefficient (Wildman–Crippen LogP) is 5.41. The number of rotatable bonds is 8. The summed E-state index contributed by atoms with van der Waals surface area (Å²) in [5.41, 5.74) is 1.70. The highest BCUT2D eigenvalue weighted by Crippen LogP contribution is 2.36. The minimum atomic E-state index is -0.541. The lowest BCUT2D eigenvalue weighted by Crippen LogP contribution is -2.32. The number of hydrogen-bond acceptors (Lipinski definition) is 5. The quantitative estimate of drug-likeness (QED) is 0.456. The van der Waals surface area contributed by atoms with E-state index in [4.69, 9.17) is 9.47 Å². The number of para-hydroxylation sites is 2. The largest absolute Gasteiger partial charge is 0.492 e. The van der Waals surface area contributed by atoms with Gasteiger partial charge in [0, 0.05) is 0 Å². The van der Waals surface area contributed by atoms with Gasteiger partial charge in [0.05, 0.1) is 29.7 Å². The highest BCUT2D eigenvalue weighted by Gasteiger charge is 2.40. The van der Waals surface area contributed by atoms with Crippen LogP contribution >= 0.6 is 0 Å². The molecule has 0 bridgehead atoms. The number of carbonyl (C=O) groups is 2. The topological polar surface area (TPSA) is 67.9 Å². The lowest BCUT2D eigenvalue weighted by molar-refractivity contribution is -0.120. The molecule has 1 aliphatic rings. The minimum absolute atomic E-state index is 0.000943. The summed E-state index contributed by atoms with van der Waals surface area (Å²) in [6, 6.07) is 19.4. The average molecular weight is 461 g/mol. The van der Waals surface area contributed by atoms with E-state index in [1.165, 1.54) is 24.3 Å². The van der Waals surface area contributed by atoms with Crippen molar-refractivity contribution in [3.63, 3.8) is 0 Å². The van der Waals surface area contributed by atoms with Crippen molar-refractivity contribution in [2.45, 2.75) is 26.9 Å². The monoisotopic (exact) mass is 460 g/mol. The summed E-state index contributed by atoms with van der Waals surface area (Å²) < 4.78 is 24.9. The van der Waals surface area contributed by atoms with Crippen LogP contribution in [0.1, 0.15) is 26.3 Å². The Kier molecular flexibility index (Phi) is 6.63. The molecule has 1 N–H and O–H groups in total. The molecule has 0 atom stereocenters. The molecule has 3 aromatic carbocycles. The standard InChI is InChI=1S/C27H25FN2O4/c1-4-33-23-8-6-5-7-22(23)29-25-24(18-9-15-21(16-10-18)34-17(2)3)26(31)30(27(25)32)20-13-11-19(28)12-14-20/h5-17,29H,4H2,1-3H3. The lowest BCUT2D eigenvalue weighted by Gasteiger charge is -2.16. The number of amides is 2. The summed E-state index contributed by atoms with van der Waals surface area (Å²) in [6.45, 7) is 6.15. The van der Waals surface area contributed by atoms with Crippen LogP contribution in [0.2, 0.25) is 0 Å². The van der Waals surface area contributed by atoms with Crippen molar-refractivity contribution < 1.29 is 23.5 Å². The van der Waals surface area contributed by atoms with Crippen LogP contribution in [-0.4, -0.2) is 24.5 Å². The van der Waals surface area contributed by atoms with Crippen molar-refractivity contribution in [1.29, 1.82) is 0 Å². The summed E-state index contributed by atoms with van der Waals surface area (Å²) in [5, 5.41) is 3.12. The van der Waals surface area contributed by atoms with Crippen LogP contribution < -0.4 is 19.7 Å². The van der Waals surface area contributed by atoms with Gasteiger partial charge in [-0.2, -0.15) is 0 Å². The van der Waals surface area contributed by atoms with Gasteiger partial charge in [0.15, 0.2) is 0 Å². The Bertz CT molecular complexity index is 1230. The Labute approximate surface area is 197 Å². The molecule has 4 rings (SSSR count). The molecule has 0 unspecified atom stereocenters. The lowest BCUT2D eigenvalue weighted by atomic mass is 10.0. The van der Waals surface area contributed by atoms with Crippen molar-refractivity contribution in [3.8, 4) is 11.5 Å². The molecule has 1 heterocycles. The fourth-order valence-corrected chi connectivity index (χ4v) is 3.70. The minimum Gasteiger partial charge on any atom is -0.492 e. The molecule has 0 aromatic heterocycles. The fourth-order valence-electron chi connectivity index (χ4n) is 3.70. The molecule has 0 saturated carbocycles.